The van der Waals surface area contributed by atoms with E-state index in [-0.39, 0.29) is 23.8 Å². The number of nitrogens with zero attached hydrogens (tertiary/aromatic N) is 7. The van der Waals surface area contributed by atoms with Crippen LogP contribution in [0.1, 0.15) is 85.4 Å². The van der Waals surface area contributed by atoms with E-state index < -0.39 is 0 Å². The van der Waals surface area contributed by atoms with Gasteiger partial charge in [0.05, 0.1) is 17.0 Å². The Hall–Kier alpha value is -3.16. The van der Waals surface area contributed by atoms with E-state index >= 15 is 0 Å². The van der Waals surface area contributed by atoms with Crippen LogP contribution in [0.2, 0.25) is 0 Å². The van der Waals surface area contributed by atoms with Gasteiger partial charge in [0.1, 0.15) is 5.69 Å². The van der Waals surface area contributed by atoms with Crippen molar-refractivity contribution >= 4 is 11.8 Å². The monoisotopic (exact) mass is 536 g/mol. The van der Waals surface area contributed by atoms with Crippen molar-refractivity contribution in [1.29, 1.82) is 0 Å². The van der Waals surface area contributed by atoms with Crippen molar-refractivity contribution in [3.8, 4) is 12.3 Å². The van der Waals surface area contributed by atoms with Crippen molar-refractivity contribution < 1.29 is 9.59 Å². The fourth-order valence-electron chi connectivity index (χ4n) is 5.65. The zero-order valence-corrected chi connectivity index (χ0v) is 24.6. The van der Waals surface area contributed by atoms with Crippen LogP contribution in [-0.4, -0.2) is 91.4 Å². The van der Waals surface area contributed by atoms with E-state index in [1.807, 2.05) is 22.4 Å². The molecule has 0 bridgehead atoms. The highest BCUT2D eigenvalue weighted by Crippen LogP contribution is 2.26. The maximum atomic E-state index is 13.2. The summed E-state index contributed by atoms with van der Waals surface area (Å²) < 4.78 is 3.91. The Morgan fingerprint density at radius 2 is 1.77 bits per heavy atom. The molecule has 39 heavy (non-hydrogen) atoms. The molecule has 0 saturated carbocycles. The highest BCUT2D eigenvalue weighted by Gasteiger charge is 2.31. The first-order valence-corrected chi connectivity index (χ1v) is 14.1. The van der Waals surface area contributed by atoms with Gasteiger partial charge in [0, 0.05) is 71.5 Å². The molecule has 0 spiro atoms. The van der Waals surface area contributed by atoms with Crippen LogP contribution < -0.4 is 5.32 Å². The van der Waals surface area contributed by atoms with E-state index in [1.165, 1.54) is 4.90 Å². The molecule has 4 heterocycles. The molecule has 2 aromatic rings. The van der Waals surface area contributed by atoms with Crippen molar-refractivity contribution in [1.82, 2.24) is 39.6 Å². The fourth-order valence-corrected chi connectivity index (χ4v) is 5.65. The number of nitrogens with one attached hydrogen (secondary N) is 1. The molecule has 0 saturated heterocycles. The second-order valence-electron chi connectivity index (χ2n) is 11.9. The van der Waals surface area contributed by atoms with Crippen molar-refractivity contribution in [2.24, 2.45) is 5.92 Å². The van der Waals surface area contributed by atoms with Crippen LogP contribution >= 0.6 is 0 Å². The standard InChI is InChI=1S/C29H44N8O2/c1-9-24-26-18-35(20(4)5)15-22(16-37(26)32-27(24)29(39)33(7)8)13-21(6)30-28(38)25-14-23-17-34(19(2)3)11-10-12-36(23)31-25/h1,14,19-22H,10-13,15-18H2,2-8H3,(H,30,38). The molecular weight excluding hydrogens is 492 g/mol. The molecule has 10 heteroatoms. The third-order valence-corrected chi connectivity index (χ3v) is 7.89. The molecule has 0 fully saturated rings. The third-order valence-electron chi connectivity index (χ3n) is 7.89. The molecule has 2 aromatic heterocycles. The predicted octanol–water partition coefficient (Wildman–Crippen LogP) is 2.43. The largest absolute Gasteiger partial charge is 0.348 e. The van der Waals surface area contributed by atoms with Crippen molar-refractivity contribution in [3.63, 3.8) is 0 Å². The van der Waals surface area contributed by atoms with E-state index in [9.17, 15) is 9.59 Å². The lowest BCUT2D eigenvalue weighted by molar-refractivity contribution is 0.0819. The van der Waals surface area contributed by atoms with Gasteiger partial charge in [-0.3, -0.25) is 28.8 Å². The molecule has 212 valence electrons. The zero-order valence-electron chi connectivity index (χ0n) is 24.6. The van der Waals surface area contributed by atoms with E-state index in [1.54, 1.807) is 14.1 Å². The normalized spacial score (nSPS) is 19.1. The number of aryl methyl sites for hydroxylation is 1. The summed E-state index contributed by atoms with van der Waals surface area (Å²) in [7, 11) is 3.42. The first-order chi connectivity index (χ1) is 18.5. The molecule has 2 amide bonds. The smallest absolute Gasteiger partial charge is 0.275 e. The number of carbonyl (C=O) groups excluding carboxylic acids is 2. The molecule has 2 unspecified atom stereocenters. The maximum absolute atomic E-state index is 13.2. The summed E-state index contributed by atoms with van der Waals surface area (Å²) in [5, 5.41) is 12.5. The number of carbonyl (C=O) groups is 2. The summed E-state index contributed by atoms with van der Waals surface area (Å²) in [5.74, 6) is 2.63. The Morgan fingerprint density at radius 1 is 1.05 bits per heavy atom. The predicted molar refractivity (Wildman–Crippen MR) is 151 cm³/mol. The minimum Gasteiger partial charge on any atom is -0.348 e. The van der Waals surface area contributed by atoms with Crippen molar-refractivity contribution in [2.45, 2.75) is 91.8 Å². The highest BCUT2D eigenvalue weighted by molar-refractivity contribution is 5.95. The molecule has 4 rings (SSSR count). The zero-order chi connectivity index (χ0) is 28.4. The van der Waals surface area contributed by atoms with Gasteiger partial charge < -0.3 is 10.2 Å². The molecule has 0 aromatic carbocycles. The number of terminal acetylenes is 1. The minimum absolute atomic E-state index is 0.0581. The Kier molecular flexibility index (Phi) is 8.82. The average Bonchev–Trinajstić information content (AvgIpc) is 3.29. The van der Waals surface area contributed by atoms with Gasteiger partial charge in [0.2, 0.25) is 0 Å². The maximum Gasteiger partial charge on any atom is 0.275 e. The van der Waals surface area contributed by atoms with Gasteiger partial charge in [-0.05, 0) is 59.4 Å². The van der Waals surface area contributed by atoms with Crippen molar-refractivity contribution in [2.75, 3.05) is 27.2 Å². The van der Waals surface area contributed by atoms with Gasteiger partial charge in [-0.1, -0.05) is 5.92 Å². The van der Waals surface area contributed by atoms with Gasteiger partial charge in [-0.25, -0.2) is 0 Å². The number of aromatic nitrogens is 4. The van der Waals surface area contributed by atoms with Crippen molar-refractivity contribution in [3.05, 3.63) is 34.4 Å². The summed E-state index contributed by atoms with van der Waals surface area (Å²) in [6.07, 6.45) is 7.67. The third kappa shape index (κ3) is 6.36. The van der Waals surface area contributed by atoms with Gasteiger partial charge >= 0.3 is 0 Å². The number of hydrogen-bond acceptors (Lipinski definition) is 6. The van der Waals surface area contributed by atoms with Crippen LogP contribution in [0, 0.1) is 18.3 Å². The van der Waals surface area contributed by atoms with E-state index in [0.717, 1.165) is 50.4 Å². The molecule has 0 radical (unpaired) electrons. The van der Waals surface area contributed by atoms with Gasteiger partial charge in [-0.15, -0.1) is 6.42 Å². The number of amides is 2. The van der Waals surface area contributed by atoms with Crippen LogP contribution in [0.5, 0.6) is 0 Å². The highest BCUT2D eigenvalue weighted by atomic mass is 16.2. The molecule has 1 N–H and O–H groups in total. The Morgan fingerprint density at radius 3 is 2.41 bits per heavy atom. The van der Waals surface area contributed by atoms with Crippen LogP contribution in [0.25, 0.3) is 0 Å². The summed E-state index contributed by atoms with van der Waals surface area (Å²) in [6.45, 7) is 15.6. The molecule has 2 aliphatic rings. The van der Waals surface area contributed by atoms with E-state index in [4.69, 9.17) is 6.42 Å². The van der Waals surface area contributed by atoms with Crippen LogP contribution in [-0.2, 0) is 26.2 Å². The molecule has 2 atom stereocenters. The SMILES string of the molecule is C#Cc1c(C(=O)N(C)C)nn2c1CN(C(C)C)CC(CC(C)NC(=O)c1cc3n(n1)CCCN(C(C)C)C3)C2. The first-order valence-electron chi connectivity index (χ1n) is 14.1. The van der Waals surface area contributed by atoms with Crippen LogP contribution in [0.3, 0.4) is 0 Å². The summed E-state index contributed by atoms with van der Waals surface area (Å²) in [5.41, 5.74) is 3.39. The average molecular weight is 537 g/mol. The second-order valence-corrected chi connectivity index (χ2v) is 11.9. The molecule has 10 nitrogen and oxygen atoms in total. The fraction of sp³-hybridized carbons (Fsp3) is 0.655. The summed E-state index contributed by atoms with van der Waals surface area (Å²) in [6, 6.07) is 2.63. The lowest BCUT2D eigenvalue weighted by Crippen LogP contribution is -2.39. The summed E-state index contributed by atoms with van der Waals surface area (Å²) >= 11 is 0. The number of fused-ring (bicyclic) bond motifs is 2. The van der Waals surface area contributed by atoms with Crippen LogP contribution in [0.4, 0.5) is 0 Å². The second kappa shape index (κ2) is 11.9. The topological polar surface area (TPSA) is 91.5 Å². The molecule has 2 aliphatic heterocycles. The quantitative estimate of drug-likeness (QED) is 0.547. The first kappa shape index (κ1) is 28.8. The van der Waals surface area contributed by atoms with Crippen LogP contribution in [0.15, 0.2) is 6.07 Å². The lowest BCUT2D eigenvalue weighted by Gasteiger charge is -2.29. The lowest BCUT2D eigenvalue weighted by atomic mass is 9.99. The van der Waals surface area contributed by atoms with Gasteiger partial charge in [0.25, 0.3) is 11.8 Å². The molecular formula is C29H44N8O2. The van der Waals surface area contributed by atoms with E-state index in [0.29, 0.717) is 42.1 Å². The Labute approximate surface area is 232 Å². The Balaban J connectivity index is 1.48. The van der Waals surface area contributed by atoms with E-state index in [2.05, 4.69) is 58.9 Å². The van der Waals surface area contributed by atoms with Gasteiger partial charge in [-0.2, -0.15) is 10.2 Å². The summed E-state index contributed by atoms with van der Waals surface area (Å²) in [4.78, 5) is 32.3. The minimum atomic E-state index is -0.188. The Bertz CT molecular complexity index is 1230. The van der Waals surface area contributed by atoms with Gasteiger partial charge in [0.15, 0.2) is 5.69 Å². The molecule has 0 aliphatic carbocycles. The number of hydrogen-bond donors (Lipinski definition) is 1. The number of rotatable bonds is 7.